The Labute approximate surface area is 172 Å². The van der Waals surface area contributed by atoms with Crippen LogP contribution in [0.1, 0.15) is 25.3 Å². The predicted octanol–water partition coefficient (Wildman–Crippen LogP) is 3.92. The van der Waals surface area contributed by atoms with Gasteiger partial charge in [-0.1, -0.05) is 0 Å². The lowest BCUT2D eigenvalue weighted by atomic mass is 9.74. The van der Waals surface area contributed by atoms with Crippen LogP contribution in [0, 0.1) is 0 Å². The molecule has 158 valence electrons. The van der Waals surface area contributed by atoms with E-state index in [1.807, 2.05) is 6.92 Å². The Bertz CT molecular complexity index is 973. The van der Waals surface area contributed by atoms with Crippen LogP contribution in [0.3, 0.4) is 0 Å². The van der Waals surface area contributed by atoms with Crippen molar-refractivity contribution < 1.29 is 27.9 Å². The summed E-state index contributed by atoms with van der Waals surface area (Å²) in [6.45, 7) is 2.43. The Kier molecular flexibility index (Phi) is 5.80. The van der Waals surface area contributed by atoms with Crippen molar-refractivity contribution >= 4 is 0 Å². The van der Waals surface area contributed by atoms with Gasteiger partial charge in [0.2, 0.25) is 11.8 Å². The molecule has 0 aliphatic heterocycles. The predicted molar refractivity (Wildman–Crippen MR) is 104 cm³/mol. The normalized spacial score (nSPS) is 20.4. The van der Waals surface area contributed by atoms with E-state index in [0.717, 1.165) is 5.56 Å². The van der Waals surface area contributed by atoms with Crippen molar-refractivity contribution in [2.24, 2.45) is 0 Å². The van der Waals surface area contributed by atoms with Gasteiger partial charge in [0.05, 0.1) is 6.61 Å². The fourth-order valence-corrected chi connectivity index (χ4v) is 3.24. The van der Waals surface area contributed by atoms with Crippen molar-refractivity contribution in [1.82, 2.24) is 15.1 Å². The summed E-state index contributed by atoms with van der Waals surface area (Å²) >= 11 is 0. The average Bonchev–Trinajstić information content (AvgIpc) is 3.21. The van der Waals surface area contributed by atoms with Crippen LogP contribution in [-0.4, -0.2) is 41.7 Å². The van der Waals surface area contributed by atoms with Crippen LogP contribution in [-0.2, 0) is 10.4 Å². The van der Waals surface area contributed by atoms with Gasteiger partial charge in [-0.3, -0.25) is 0 Å². The van der Waals surface area contributed by atoms with Crippen molar-refractivity contribution in [2.45, 2.75) is 31.5 Å². The highest BCUT2D eigenvalue weighted by Crippen LogP contribution is 2.47. The highest BCUT2D eigenvalue weighted by molar-refractivity contribution is 5.57. The number of nitrogens with zero attached hydrogens (tertiary/aromatic N) is 3. The summed E-state index contributed by atoms with van der Waals surface area (Å²) in [6.07, 6.45) is 3.40. The molecule has 3 aromatic heterocycles. The molecule has 4 rings (SSSR count). The summed E-state index contributed by atoms with van der Waals surface area (Å²) in [6, 6.07) is 8.47. The molecule has 1 saturated carbocycles. The first-order chi connectivity index (χ1) is 14.6. The Morgan fingerprint density at radius 3 is 2.70 bits per heavy atom. The van der Waals surface area contributed by atoms with E-state index in [1.165, 1.54) is 7.11 Å². The Balaban J connectivity index is 1.34. The first-order valence-electron chi connectivity index (χ1n) is 9.59. The molecule has 1 aliphatic rings. The van der Waals surface area contributed by atoms with Gasteiger partial charge in [-0.2, -0.15) is 0 Å². The number of halogens is 1. The zero-order valence-electron chi connectivity index (χ0n) is 16.7. The number of methoxy groups -OCH3 is 1. The lowest BCUT2D eigenvalue weighted by molar-refractivity contribution is -0.0487. The number of aromatic nitrogens is 3. The van der Waals surface area contributed by atoms with E-state index >= 15 is 4.39 Å². The van der Waals surface area contributed by atoms with E-state index in [9.17, 15) is 0 Å². The van der Waals surface area contributed by atoms with Crippen LogP contribution in [0.5, 0.6) is 17.6 Å². The molecule has 0 atom stereocenters. The average molecular weight is 415 g/mol. The Hall–Kier alpha value is -3.20. The van der Waals surface area contributed by atoms with Crippen LogP contribution in [0.2, 0.25) is 0 Å². The third-order valence-electron chi connectivity index (χ3n) is 4.77. The van der Waals surface area contributed by atoms with Crippen molar-refractivity contribution in [3.63, 3.8) is 0 Å². The van der Waals surface area contributed by atoms with E-state index < -0.39 is 5.67 Å². The maximum absolute atomic E-state index is 15.2. The summed E-state index contributed by atoms with van der Waals surface area (Å²) in [5, 5.41) is 3.79. The van der Waals surface area contributed by atoms with Crippen LogP contribution in [0.4, 0.5) is 4.39 Å². The second kappa shape index (κ2) is 8.66. The molecule has 0 radical (unpaired) electrons. The molecule has 1 fully saturated rings. The summed E-state index contributed by atoms with van der Waals surface area (Å²) in [5.74, 6) is 1.68. The van der Waals surface area contributed by atoms with Gasteiger partial charge in [0, 0.05) is 56.1 Å². The number of hydrogen-bond acceptors (Lipinski definition) is 8. The fraction of sp³-hybridized carbons (Fsp3) is 0.381. The number of alkyl halides is 1. The zero-order chi connectivity index (χ0) is 21.0. The minimum absolute atomic E-state index is 0.0842. The molecule has 3 aromatic rings. The highest BCUT2D eigenvalue weighted by Gasteiger charge is 2.48. The lowest BCUT2D eigenvalue weighted by Gasteiger charge is -2.41. The number of pyridine rings is 2. The van der Waals surface area contributed by atoms with Gasteiger partial charge in [0.1, 0.15) is 11.8 Å². The quantitative estimate of drug-likeness (QED) is 0.486. The maximum Gasteiger partial charge on any atom is 0.256 e. The summed E-state index contributed by atoms with van der Waals surface area (Å²) in [4.78, 5) is 8.36. The summed E-state index contributed by atoms with van der Waals surface area (Å²) in [7, 11) is 1.52. The van der Waals surface area contributed by atoms with E-state index in [2.05, 4.69) is 15.1 Å². The molecule has 1 aliphatic carbocycles. The number of ether oxygens (including phenoxy) is 4. The summed E-state index contributed by atoms with van der Waals surface area (Å²) in [5.41, 5.74) is -0.172. The maximum atomic E-state index is 15.2. The van der Waals surface area contributed by atoms with Crippen molar-refractivity contribution in [3.05, 3.63) is 48.3 Å². The van der Waals surface area contributed by atoms with Gasteiger partial charge in [-0.05, 0) is 29.8 Å². The summed E-state index contributed by atoms with van der Waals surface area (Å²) < 4.78 is 41.6. The van der Waals surface area contributed by atoms with E-state index in [1.54, 1.807) is 42.7 Å². The van der Waals surface area contributed by atoms with Crippen LogP contribution < -0.4 is 14.2 Å². The minimum atomic E-state index is -1.45. The fourth-order valence-electron chi connectivity index (χ4n) is 3.24. The third kappa shape index (κ3) is 4.35. The minimum Gasteiger partial charge on any atom is -0.478 e. The second-order valence-electron chi connectivity index (χ2n) is 6.89. The molecular weight excluding hydrogens is 393 g/mol. The van der Waals surface area contributed by atoms with Crippen LogP contribution in [0.15, 0.2) is 47.2 Å². The van der Waals surface area contributed by atoms with Gasteiger partial charge in [-0.25, -0.2) is 14.4 Å². The smallest absolute Gasteiger partial charge is 0.256 e. The molecule has 0 amide bonds. The van der Waals surface area contributed by atoms with E-state index in [4.69, 9.17) is 23.5 Å². The topological polar surface area (TPSA) is 88.7 Å². The van der Waals surface area contributed by atoms with Crippen LogP contribution >= 0.6 is 0 Å². The van der Waals surface area contributed by atoms with Gasteiger partial charge >= 0.3 is 0 Å². The Morgan fingerprint density at radius 1 is 1.10 bits per heavy atom. The molecular formula is C21H22FN3O5. The molecule has 0 unspecified atom stereocenters. The van der Waals surface area contributed by atoms with Crippen molar-refractivity contribution in [3.8, 4) is 29.0 Å². The standard InChI is InChI=1S/C21H22FN3O5/c1-3-27-19-8-15(6-7-23-19)21(22)10-16(11-21)29-18-5-4-14(12-24-18)17-9-20(25-30-17)28-13-26-2/h4-9,12,16H,3,10-11,13H2,1-2H3. The highest BCUT2D eigenvalue weighted by atomic mass is 19.1. The van der Waals surface area contributed by atoms with Gasteiger partial charge < -0.3 is 23.5 Å². The number of rotatable bonds is 9. The molecule has 8 nitrogen and oxygen atoms in total. The monoisotopic (exact) mass is 415 g/mol. The number of hydrogen-bond donors (Lipinski definition) is 0. The van der Waals surface area contributed by atoms with E-state index in [0.29, 0.717) is 35.6 Å². The lowest BCUT2D eigenvalue weighted by Crippen LogP contribution is -2.44. The zero-order valence-corrected chi connectivity index (χ0v) is 16.7. The molecule has 0 N–H and O–H groups in total. The first-order valence-corrected chi connectivity index (χ1v) is 9.59. The molecule has 0 spiro atoms. The first kappa shape index (κ1) is 20.1. The molecule has 30 heavy (non-hydrogen) atoms. The molecule has 0 aromatic carbocycles. The molecule has 0 bridgehead atoms. The van der Waals surface area contributed by atoms with Gasteiger partial charge in [-0.15, -0.1) is 0 Å². The van der Waals surface area contributed by atoms with Crippen molar-refractivity contribution in [1.29, 1.82) is 0 Å². The van der Waals surface area contributed by atoms with Crippen molar-refractivity contribution in [2.75, 3.05) is 20.5 Å². The largest absolute Gasteiger partial charge is 0.478 e. The SMILES string of the molecule is CCOc1cc(C2(F)CC(Oc3ccc(-c4cc(OCOC)no4)cn3)C2)ccn1. The second-order valence-corrected chi connectivity index (χ2v) is 6.89. The molecule has 3 heterocycles. The Morgan fingerprint density at radius 2 is 1.97 bits per heavy atom. The third-order valence-corrected chi connectivity index (χ3v) is 4.77. The van der Waals surface area contributed by atoms with E-state index in [-0.39, 0.29) is 25.7 Å². The van der Waals surface area contributed by atoms with Crippen LogP contribution in [0.25, 0.3) is 11.3 Å². The molecule has 0 saturated heterocycles. The van der Waals surface area contributed by atoms with Gasteiger partial charge in [0.25, 0.3) is 5.88 Å². The van der Waals surface area contributed by atoms with Gasteiger partial charge in [0.15, 0.2) is 12.6 Å². The molecule has 9 heteroatoms.